The lowest BCUT2D eigenvalue weighted by Gasteiger charge is -2.24. The van der Waals surface area contributed by atoms with Crippen LogP contribution in [0.4, 0.5) is 0 Å². The third-order valence-electron chi connectivity index (χ3n) is 2.78. The van der Waals surface area contributed by atoms with E-state index in [0.717, 1.165) is 19.3 Å². The van der Waals surface area contributed by atoms with E-state index in [0.29, 0.717) is 6.42 Å². The Morgan fingerprint density at radius 3 is 2.85 bits per heavy atom. The highest BCUT2D eigenvalue weighted by molar-refractivity contribution is 5.84. The number of rotatable bonds is 3. The number of carbonyl (C=O) groups is 2. The predicted octanol–water partition coefficient (Wildman–Crippen LogP) is 1.86. The maximum Gasteiger partial charge on any atom is 0.303 e. The molecular formula is C10H16O3. The molecule has 0 amide bonds. The lowest BCUT2D eigenvalue weighted by molar-refractivity contribution is -0.137. The first-order chi connectivity index (χ1) is 6.11. The molecule has 0 bridgehead atoms. The van der Waals surface area contributed by atoms with Gasteiger partial charge in [0.15, 0.2) is 0 Å². The fourth-order valence-corrected chi connectivity index (χ4v) is 1.94. The van der Waals surface area contributed by atoms with Crippen LogP contribution in [0.3, 0.4) is 0 Å². The highest BCUT2D eigenvalue weighted by atomic mass is 16.4. The first-order valence-corrected chi connectivity index (χ1v) is 4.86. The Morgan fingerprint density at radius 1 is 1.54 bits per heavy atom. The molecule has 0 spiro atoms. The van der Waals surface area contributed by atoms with E-state index in [2.05, 4.69) is 0 Å². The van der Waals surface area contributed by atoms with Gasteiger partial charge in [0.2, 0.25) is 0 Å². The highest BCUT2D eigenvalue weighted by Crippen LogP contribution is 2.28. The number of carboxylic acid groups (broad SMARTS) is 1. The standard InChI is InChI=1S/C10H16O3/c1-7-3-2-4-8(10(7)13)5-6-9(11)12/h7-8H,2-6H2,1H3,(H,11,12). The van der Waals surface area contributed by atoms with E-state index in [-0.39, 0.29) is 24.0 Å². The first-order valence-electron chi connectivity index (χ1n) is 4.86. The van der Waals surface area contributed by atoms with Crippen LogP contribution in [0.1, 0.15) is 39.0 Å². The normalized spacial score (nSPS) is 28.8. The van der Waals surface area contributed by atoms with Crippen LogP contribution < -0.4 is 0 Å². The zero-order valence-electron chi connectivity index (χ0n) is 7.95. The van der Waals surface area contributed by atoms with Crippen molar-refractivity contribution in [3.63, 3.8) is 0 Å². The Morgan fingerprint density at radius 2 is 2.23 bits per heavy atom. The molecule has 0 aromatic heterocycles. The van der Waals surface area contributed by atoms with Crippen LogP contribution in [0, 0.1) is 11.8 Å². The molecule has 2 unspecified atom stereocenters. The van der Waals surface area contributed by atoms with Crippen LogP contribution >= 0.6 is 0 Å². The fourth-order valence-electron chi connectivity index (χ4n) is 1.94. The van der Waals surface area contributed by atoms with E-state index in [9.17, 15) is 9.59 Å². The second-order valence-corrected chi connectivity index (χ2v) is 3.86. The summed E-state index contributed by atoms with van der Waals surface area (Å²) >= 11 is 0. The molecule has 2 atom stereocenters. The Labute approximate surface area is 78.1 Å². The highest BCUT2D eigenvalue weighted by Gasteiger charge is 2.27. The van der Waals surface area contributed by atoms with Crippen LogP contribution in [0.2, 0.25) is 0 Å². The van der Waals surface area contributed by atoms with Gasteiger partial charge >= 0.3 is 5.97 Å². The van der Waals surface area contributed by atoms with Crippen molar-refractivity contribution >= 4 is 11.8 Å². The minimum atomic E-state index is -0.800. The summed E-state index contributed by atoms with van der Waals surface area (Å²) in [7, 11) is 0. The van der Waals surface area contributed by atoms with Crippen molar-refractivity contribution in [2.24, 2.45) is 11.8 Å². The van der Waals surface area contributed by atoms with E-state index >= 15 is 0 Å². The molecule has 1 aliphatic rings. The lowest BCUT2D eigenvalue weighted by atomic mass is 9.79. The van der Waals surface area contributed by atoms with Gasteiger partial charge in [0.25, 0.3) is 0 Å². The summed E-state index contributed by atoms with van der Waals surface area (Å²) in [6, 6.07) is 0. The second-order valence-electron chi connectivity index (χ2n) is 3.86. The van der Waals surface area contributed by atoms with Gasteiger partial charge in [-0.2, -0.15) is 0 Å². The van der Waals surface area contributed by atoms with Gasteiger partial charge in [0.05, 0.1) is 0 Å². The number of hydrogen-bond acceptors (Lipinski definition) is 2. The number of Topliss-reactive ketones (excluding diaryl/α,β-unsaturated/α-hetero) is 1. The number of carbonyl (C=O) groups excluding carboxylic acids is 1. The zero-order valence-corrected chi connectivity index (χ0v) is 7.95. The molecule has 3 heteroatoms. The van der Waals surface area contributed by atoms with Crippen LogP contribution in [-0.2, 0) is 9.59 Å². The third kappa shape index (κ3) is 2.83. The lowest BCUT2D eigenvalue weighted by Crippen LogP contribution is -2.26. The van der Waals surface area contributed by atoms with E-state index < -0.39 is 5.97 Å². The summed E-state index contributed by atoms with van der Waals surface area (Å²) in [4.78, 5) is 21.9. The molecule has 1 rings (SSSR count). The fraction of sp³-hybridized carbons (Fsp3) is 0.800. The topological polar surface area (TPSA) is 54.4 Å². The van der Waals surface area contributed by atoms with E-state index in [4.69, 9.17) is 5.11 Å². The largest absolute Gasteiger partial charge is 0.481 e. The van der Waals surface area contributed by atoms with Gasteiger partial charge < -0.3 is 5.11 Å². The van der Waals surface area contributed by atoms with Crippen molar-refractivity contribution in [2.75, 3.05) is 0 Å². The van der Waals surface area contributed by atoms with E-state index in [1.165, 1.54) is 0 Å². The van der Waals surface area contributed by atoms with Crippen molar-refractivity contribution in [2.45, 2.75) is 39.0 Å². The van der Waals surface area contributed by atoms with Gasteiger partial charge in [0, 0.05) is 18.3 Å². The Kier molecular flexibility index (Phi) is 3.46. The molecule has 0 radical (unpaired) electrons. The molecule has 3 nitrogen and oxygen atoms in total. The molecular weight excluding hydrogens is 168 g/mol. The number of aliphatic carboxylic acids is 1. The maximum absolute atomic E-state index is 11.5. The SMILES string of the molecule is CC1CCCC(CCC(=O)O)C1=O. The summed E-state index contributed by atoms with van der Waals surface area (Å²) in [6.07, 6.45) is 3.58. The molecule has 74 valence electrons. The molecule has 13 heavy (non-hydrogen) atoms. The average Bonchev–Trinajstić information content (AvgIpc) is 2.07. The zero-order chi connectivity index (χ0) is 9.84. The first kappa shape index (κ1) is 10.2. The molecule has 0 heterocycles. The van der Waals surface area contributed by atoms with Gasteiger partial charge in [-0.15, -0.1) is 0 Å². The molecule has 0 saturated heterocycles. The average molecular weight is 184 g/mol. The Bertz CT molecular complexity index is 210. The molecule has 0 aromatic carbocycles. The molecule has 1 saturated carbocycles. The predicted molar refractivity (Wildman–Crippen MR) is 48.4 cm³/mol. The van der Waals surface area contributed by atoms with E-state index in [1.54, 1.807) is 0 Å². The summed E-state index contributed by atoms with van der Waals surface area (Å²) in [5, 5.41) is 8.48. The third-order valence-corrected chi connectivity index (χ3v) is 2.78. The Balaban J connectivity index is 2.40. The van der Waals surface area contributed by atoms with Crippen molar-refractivity contribution < 1.29 is 14.7 Å². The molecule has 0 aliphatic heterocycles. The molecule has 0 aromatic rings. The van der Waals surface area contributed by atoms with Gasteiger partial charge in [-0.3, -0.25) is 9.59 Å². The smallest absolute Gasteiger partial charge is 0.303 e. The van der Waals surface area contributed by atoms with Crippen molar-refractivity contribution in [1.82, 2.24) is 0 Å². The van der Waals surface area contributed by atoms with Gasteiger partial charge in [-0.25, -0.2) is 0 Å². The van der Waals surface area contributed by atoms with Gasteiger partial charge in [-0.05, 0) is 19.3 Å². The van der Waals surface area contributed by atoms with E-state index in [1.807, 2.05) is 6.92 Å². The summed E-state index contributed by atoms with van der Waals surface area (Å²) < 4.78 is 0. The molecule has 1 fully saturated rings. The van der Waals surface area contributed by atoms with Gasteiger partial charge in [0.1, 0.15) is 5.78 Å². The second kappa shape index (κ2) is 4.40. The number of ketones is 1. The van der Waals surface area contributed by atoms with Crippen LogP contribution in [0.25, 0.3) is 0 Å². The van der Waals surface area contributed by atoms with Crippen LogP contribution in [0.15, 0.2) is 0 Å². The van der Waals surface area contributed by atoms with Crippen molar-refractivity contribution in [1.29, 1.82) is 0 Å². The quantitative estimate of drug-likeness (QED) is 0.728. The summed E-state index contributed by atoms with van der Waals surface area (Å²) in [5.41, 5.74) is 0. The minimum Gasteiger partial charge on any atom is -0.481 e. The maximum atomic E-state index is 11.5. The van der Waals surface area contributed by atoms with Crippen LogP contribution in [-0.4, -0.2) is 16.9 Å². The minimum absolute atomic E-state index is 0.0137. The molecule has 1 N–H and O–H groups in total. The summed E-state index contributed by atoms with van der Waals surface area (Å²) in [6.45, 7) is 1.94. The molecule has 1 aliphatic carbocycles. The number of carboxylic acids is 1. The van der Waals surface area contributed by atoms with Crippen molar-refractivity contribution in [3.05, 3.63) is 0 Å². The van der Waals surface area contributed by atoms with Crippen LogP contribution in [0.5, 0.6) is 0 Å². The van der Waals surface area contributed by atoms with Crippen molar-refractivity contribution in [3.8, 4) is 0 Å². The van der Waals surface area contributed by atoms with Gasteiger partial charge in [-0.1, -0.05) is 13.3 Å². The summed E-state index contributed by atoms with van der Waals surface area (Å²) in [5.74, 6) is -0.370. The Hall–Kier alpha value is -0.860. The number of hydrogen-bond donors (Lipinski definition) is 1. The monoisotopic (exact) mass is 184 g/mol.